The van der Waals surface area contributed by atoms with Crippen LogP contribution in [-0.2, 0) is 16.6 Å². The van der Waals surface area contributed by atoms with E-state index in [0.717, 1.165) is 13.0 Å². The lowest BCUT2D eigenvalue weighted by atomic mass is 9.92. The van der Waals surface area contributed by atoms with Crippen LogP contribution in [0.3, 0.4) is 0 Å². The maximum atomic E-state index is 12.7. The van der Waals surface area contributed by atoms with Gasteiger partial charge in [-0.2, -0.15) is 13.2 Å². The minimum Gasteiger partial charge on any atom is -0.375 e. The van der Waals surface area contributed by atoms with Gasteiger partial charge in [0.15, 0.2) is 5.60 Å². The quantitative estimate of drug-likeness (QED) is 0.716. The van der Waals surface area contributed by atoms with E-state index in [-0.39, 0.29) is 5.69 Å². The fourth-order valence-corrected chi connectivity index (χ4v) is 1.77. The SMILES string of the molecule is CC1(O)C(=O)Nc2cccc(C(F)(F)F)c21. The fourth-order valence-electron chi connectivity index (χ4n) is 1.77. The van der Waals surface area contributed by atoms with Crippen LogP contribution < -0.4 is 5.32 Å². The number of fused-ring (bicyclic) bond motifs is 1. The lowest BCUT2D eigenvalue weighted by Gasteiger charge is -2.19. The van der Waals surface area contributed by atoms with Gasteiger partial charge in [0.2, 0.25) is 0 Å². The van der Waals surface area contributed by atoms with Crippen molar-refractivity contribution < 1.29 is 23.1 Å². The largest absolute Gasteiger partial charge is 0.416 e. The molecule has 0 spiro atoms. The van der Waals surface area contributed by atoms with E-state index in [2.05, 4.69) is 5.32 Å². The van der Waals surface area contributed by atoms with Crippen LogP contribution in [0.25, 0.3) is 0 Å². The first-order valence-electron chi connectivity index (χ1n) is 4.49. The number of hydrogen-bond acceptors (Lipinski definition) is 2. The molecule has 0 saturated carbocycles. The number of carbonyl (C=O) groups excluding carboxylic acids is 1. The fraction of sp³-hybridized carbons (Fsp3) is 0.300. The van der Waals surface area contributed by atoms with Gasteiger partial charge < -0.3 is 10.4 Å². The molecule has 1 aromatic carbocycles. The predicted octanol–water partition coefficient (Wildman–Crippen LogP) is 1.86. The highest BCUT2D eigenvalue weighted by atomic mass is 19.4. The molecule has 0 bridgehead atoms. The molecule has 16 heavy (non-hydrogen) atoms. The third-order valence-electron chi connectivity index (χ3n) is 2.55. The Balaban J connectivity index is 2.71. The highest BCUT2D eigenvalue weighted by molar-refractivity contribution is 6.05. The molecule has 3 nitrogen and oxygen atoms in total. The van der Waals surface area contributed by atoms with Gasteiger partial charge in [-0.15, -0.1) is 0 Å². The molecule has 6 heteroatoms. The summed E-state index contributed by atoms with van der Waals surface area (Å²) in [4.78, 5) is 11.3. The van der Waals surface area contributed by atoms with Gasteiger partial charge in [0.05, 0.1) is 5.56 Å². The summed E-state index contributed by atoms with van der Waals surface area (Å²) in [5.41, 5.74) is -3.53. The van der Waals surface area contributed by atoms with Crippen molar-refractivity contribution in [3.63, 3.8) is 0 Å². The molecular weight excluding hydrogens is 223 g/mol. The van der Waals surface area contributed by atoms with Crippen LogP contribution in [0, 0.1) is 0 Å². The van der Waals surface area contributed by atoms with Gasteiger partial charge in [0, 0.05) is 11.3 Å². The molecule has 1 atom stereocenters. The molecule has 1 amide bonds. The van der Waals surface area contributed by atoms with E-state index < -0.39 is 28.8 Å². The number of halogens is 3. The molecule has 1 aromatic rings. The van der Waals surface area contributed by atoms with Crippen LogP contribution in [0.4, 0.5) is 18.9 Å². The molecule has 0 radical (unpaired) electrons. The van der Waals surface area contributed by atoms with Gasteiger partial charge >= 0.3 is 6.18 Å². The van der Waals surface area contributed by atoms with Gasteiger partial charge in [-0.3, -0.25) is 4.79 Å². The molecule has 2 rings (SSSR count). The second-order valence-corrected chi connectivity index (χ2v) is 3.75. The zero-order valence-corrected chi connectivity index (χ0v) is 8.22. The summed E-state index contributed by atoms with van der Waals surface area (Å²) in [5, 5.41) is 12.0. The van der Waals surface area contributed by atoms with E-state index in [1.54, 1.807) is 0 Å². The number of aliphatic hydroxyl groups is 1. The number of rotatable bonds is 0. The maximum absolute atomic E-state index is 12.7. The Hall–Kier alpha value is -1.56. The van der Waals surface area contributed by atoms with Crippen molar-refractivity contribution in [3.05, 3.63) is 29.3 Å². The Bertz CT molecular complexity index is 466. The van der Waals surface area contributed by atoms with Crippen molar-refractivity contribution >= 4 is 11.6 Å². The normalized spacial score (nSPS) is 24.2. The van der Waals surface area contributed by atoms with Crippen LogP contribution in [0.15, 0.2) is 18.2 Å². The number of nitrogens with one attached hydrogen (secondary N) is 1. The summed E-state index contributed by atoms with van der Waals surface area (Å²) in [7, 11) is 0. The summed E-state index contributed by atoms with van der Waals surface area (Å²) in [5.74, 6) is -0.848. The van der Waals surface area contributed by atoms with Crippen molar-refractivity contribution in [1.82, 2.24) is 0 Å². The topological polar surface area (TPSA) is 49.3 Å². The second-order valence-electron chi connectivity index (χ2n) is 3.75. The lowest BCUT2D eigenvalue weighted by molar-refractivity contribution is -0.142. The van der Waals surface area contributed by atoms with Crippen molar-refractivity contribution in [3.8, 4) is 0 Å². The third kappa shape index (κ3) is 1.37. The summed E-state index contributed by atoms with van der Waals surface area (Å²) in [6.07, 6.45) is -4.60. The number of amides is 1. The van der Waals surface area contributed by atoms with Crippen LogP contribution in [0.5, 0.6) is 0 Å². The van der Waals surface area contributed by atoms with Crippen molar-refractivity contribution in [2.75, 3.05) is 5.32 Å². The Labute approximate surface area is 88.9 Å². The molecule has 1 aliphatic rings. The summed E-state index contributed by atoms with van der Waals surface area (Å²) in [6.45, 7) is 1.05. The molecular formula is C10H8F3NO2. The molecule has 0 aliphatic carbocycles. The molecule has 1 unspecified atom stereocenters. The Morgan fingerprint density at radius 2 is 2.00 bits per heavy atom. The van der Waals surface area contributed by atoms with E-state index in [4.69, 9.17) is 0 Å². The van der Waals surface area contributed by atoms with E-state index in [1.807, 2.05) is 0 Å². The van der Waals surface area contributed by atoms with Gasteiger partial charge in [-0.1, -0.05) is 6.07 Å². The third-order valence-corrected chi connectivity index (χ3v) is 2.55. The first-order chi connectivity index (χ1) is 7.24. The summed E-state index contributed by atoms with van der Waals surface area (Å²) < 4.78 is 38.0. The monoisotopic (exact) mass is 231 g/mol. The molecule has 0 saturated heterocycles. The maximum Gasteiger partial charge on any atom is 0.416 e. The van der Waals surface area contributed by atoms with E-state index in [9.17, 15) is 23.1 Å². The minimum atomic E-state index is -4.60. The number of benzene rings is 1. The molecule has 1 heterocycles. The van der Waals surface area contributed by atoms with E-state index >= 15 is 0 Å². The number of anilines is 1. The number of carbonyl (C=O) groups is 1. The standard InChI is InChI=1S/C10H8F3NO2/c1-9(16)7-5(10(11,12)13)3-2-4-6(7)14-8(9)15/h2-4,16H,1H3,(H,14,15). The first-order valence-corrected chi connectivity index (χ1v) is 4.49. The number of alkyl halides is 3. The highest BCUT2D eigenvalue weighted by Crippen LogP contribution is 2.44. The van der Waals surface area contributed by atoms with Crippen LogP contribution in [-0.4, -0.2) is 11.0 Å². The predicted molar refractivity (Wildman–Crippen MR) is 49.6 cm³/mol. The molecule has 0 aromatic heterocycles. The Morgan fingerprint density at radius 1 is 1.38 bits per heavy atom. The van der Waals surface area contributed by atoms with E-state index in [1.165, 1.54) is 12.1 Å². The molecule has 2 N–H and O–H groups in total. The first kappa shape index (κ1) is 10.9. The van der Waals surface area contributed by atoms with Gasteiger partial charge in [-0.05, 0) is 19.1 Å². The van der Waals surface area contributed by atoms with Crippen molar-refractivity contribution in [2.24, 2.45) is 0 Å². The summed E-state index contributed by atoms with van der Waals surface area (Å²) in [6, 6.07) is 3.35. The van der Waals surface area contributed by atoms with Crippen LogP contribution in [0.2, 0.25) is 0 Å². The highest BCUT2D eigenvalue weighted by Gasteiger charge is 2.47. The minimum absolute atomic E-state index is 0.00447. The zero-order valence-electron chi connectivity index (χ0n) is 8.22. The van der Waals surface area contributed by atoms with Crippen LogP contribution in [0.1, 0.15) is 18.1 Å². The molecule has 86 valence electrons. The van der Waals surface area contributed by atoms with Gasteiger partial charge in [0.25, 0.3) is 5.91 Å². The van der Waals surface area contributed by atoms with Crippen molar-refractivity contribution in [1.29, 1.82) is 0 Å². The second kappa shape index (κ2) is 2.98. The van der Waals surface area contributed by atoms with Gasteiger partial charge in [0.1, 0.15) is 0 Å². The van der Waals surface area contributed by atoms with Crippen LogP contribution >= 0.6 is 0 Å². The van der Waals surface area contributed by atoms with E-state index in [0.29, 0.717) is 0 Å². The Morgan fingerprint density at radius 3 is 2.56 bits per heavy atom. The summed E-state index contributed by atoms with van der Waals surface area (Å²) >= 11 is 0. The smallest absolute Gasteiger partial charge is 0.375 e. The zero-order chi connectivity index (χ0) is 12.1. The van der Waals surface area contributed by atoms with Gasteiger partial charge in [-0.25, -0.2) is 0 Å². The average Bonchev–Trinajstić information content (AvgIpc) is 2.37. The Kier molecular flexibility index (Phi) is 2.03. The van der Waals surface area contributed by atoms with Crippen molar-refractivity contribution in [2.45, 2.75) is 18.7 Å². The average molecular weight is 231 g/mol. The molecule has 0 fully saturated rings. The molecule has 1 aliphatic heterocycles. The lowest BCUT2D eigenvalue weighted by Crippen LogP contribution is -2.32. The number of hydrogen-bond donors (Lipinski definition) is 2.